The van der Waals surface area contributed by atoms with Crippen LogP contribution in [0.25, 0.3) is 0 Å². The van der Waals surface area contributed by atoms with Gasteiger partial charge in [0.05, 0.1) is 44.2 Å². The van der Waals surface area contributed by atoms with Gasteiger partial charge in [-0.1, -0.05) is 39.3 Å². The average molecular weight is 901 g/mol. The Morgan fingerprint density at radius 1 is 0.683 bits per heavy atom. The van der Waals surface area contributed by atoms with Crippen LogP contribution < -0.4 is 0 Å². The molecule has 18 nitrogen and oxygen atoms in total. The van der Waals surface area contributed by atoms with E-state index in [1.54, 1.807) is 0 Å². The second kappa shape index (κ2) is 17.5. The van der Waals surface area contributed by atoms with Gasteiger partial charge in [-0.2, -0.15) is 0 Å². The number of fused-ring (bicyclic) bond motifs is 7. The van der Waals surface area contributed by atoms with E-state index in [-0.39, 0.29) is 29.8 Å². The van der Waals surface area contributed by atoms with Crippen molar-refractivity contribution < 1.29 is 89.0 Å². The first-order valence-electron chi connectivity index (χ1n) is 23.5. The third kappa shape index (κ3) is 7.62. The van der Waals surface area contributed by atoms with E-state index in [1.807, 2.05) is 0 Å². The molecule has 0 unspecified atom stereocenters. The molecule has 1 spiro atoms. The normalized spacial score (nSPS) is 58.1. The van der Waals surface area contributed by atoms with Crippen LogP contribution in [0.15, 0.2) is 11.6 Å². The highest BCUT2D eigenvalue weighted by Gasteiger charge is 2.70. The maximum atomic E-state index is 11.6. The summed E-state index contributed by atoms with van der Waals surface area (Å²) in [7, 11) is 0. The first-order chi connectivity index (χ1) is 29.9. The summed E-state index contributed by atoms with van der Waals surface area (Å²) in [6.45, 7) is 10.0. The summed E-state index contributed by atoms with van der Waals surface area (Å²) in [5.41, 5.74) is 0.561. The maximum Gasteiger partial charge on any atom is 0.187 e. The molecule has 3 saturated carbocycles. The minimum atomic E-state index is -1.84. The Balaban J connectivity index is 0.955. The molecule has 0 aromatic carbocycles. The molecule has 0 aromatic heterocycles. The summed E-state index contributed by atoms with van der Waals surface area (Å²) in [5, 5.41) is 108. The molecule has 0 amide bonds. The molecule has 18 heteroatoms. The molecule has 27 atom stereocenters. The van der Waals surface area contributed by atoms with Crippen LogP contribution in [0.5, 0.6) is 0 Å². The highest BCUT2D eigenvalue weighted by atomic mass is 16.8. The molecule has 0 aromatic rings. The number of hydrogen-bond donors (Lipinski definition) is 10. The van der Waals surface area contributed by atoms with Gasteiger partial charge in [-0.15, -0.1) is 0 Å². The summed E-state index contributed by atoms with van der Waals surface area (Å²) >= 11 is 0. The average Bonchev–Trinajstić information content (AvgIpc) is 3.70. The fourth-order valence-electron chi connectivity index (χ4n) is 14.1. The Morgan fingerprint density at radius 3 is 2.03 bits per heavy atom. The molecule has 0 radical (unpaired) electrons. The largest absolute Gasteiger partial charge is 0.394 e. The van der Waals surface area contributed by atoms with E-state index in [0.29, 0.717) is 30.1 Å². The van der Waals surface area contributed by atoms with Crippen molar-refractivity contribution in [1.29, 1.82) is 0 Å². The van der Waals surface area contributed by atoms with Crippen molar-refractivity contribution >= 4 is 0 Å². The van der Waals surface area contributed by atoms with Gasteiger partial charge in [0, 0.05) is 24.2 Å². The van der Waals surface area contributed by atoms with Crippen molar-refractivity contribution in [3.8, 4) is 0 Å². The lowest BCUT2D eigenvalue weighted by Crippen LogP contribution is -2.66. The van der Waals surface area contributed by atoms with Crippen molar-refractivity contribution in [3.05, 3.63) is 11.6 Å². The topological polar surface area (TPSA) is 276 Å². The monoisotopic (exact) mass is 900 g/mol. The second-order valence-electron chi connectivity index (χ2n) is 21.2. The van der Waals surface area contributed by atoms with Gasteiger partial charge in [0.2, 0.25) is 0 Å². The van der Waals surface area contributed by atoms with Crippen LogP contribution in [0.4, 0.5) is 0 Å². The van der Waals surface area contributed by atoms with E-state index in [9.17, 15) is 51.1 Å². The molecule has 4 aliphatic carbocycles. The van der Waals surface area contributed by atoms with Gasteiger partial charge < -0.3 is 89.0 Å². The molecule has 5 heterocycles. The van der Waals surface area contributed by atoms with Gasteiger partial charge in [-0.3, -0.25) is 0 Å². The first-order valence-corrected chi connectivity index (χ1v) is 23.5. The quantitative estimate of drug-likeness (QED) is 0.133. The number of hydrogen-bond acceptors (Lipinski definition) is 18. The molecule has 360 valence electrons. The summed E-state index contributed by atoms with van der Waals surface area (Å²) in [4.78, 5) is 0. The van der Waals surface area contributed by atoms with E-state index >= 15 is 0 Å². The van der Waals surface area contributed by atoms with Crippen LogP contribution in [0, 0.1) is 46.3 Å². The predicted octanol–water partition coefficient (Wildman–Crippen LogP) is -0.815. The third-order valence-corrected chi connectivity index (χ3v) is 17.7. The number of ether oxygens (including phenoxy) is 8. The minimum Gasteiger partial charge on any atom is -0.394 e. The number of aliphatic hydroxyl groups excluding tert-OH is 10. The van der Waals surface area contributed by atoms with Crippen molar-refractivity contribution in [3.63, 3.8) is 0 Å². The number of rotatable bonds is 8. The molecule has 5 aliphatic heterocycles. The van der Waals surface area contributed by atoms with E-state index in [4.69, 9.17) is 37.9 Å². The van der Waals surface area contributed by atoms with Gasteiger partial charge in [0.25, 0.3) is 0 Å². The van der Waals surface area contributed by atoms with Crippen LogP contribution in [0.2, 0.25) is 0 Å². The molecule has 5 saturated heterocycles. The van der Waals surface area contributed by atoms with Gasteiger partial charge >= 0.3 is 0 Å². The Bertz CT molecular complexity index is 1640. The van der Waals surface area contributed by atoms with Crippen LogP contribution in [0.1, 0.15) is 86.0 Å². The van der Waals surface area contributed by atoms with Crippen LogP contribution in [-0.2, 0) is 37.9 Å². The van der Waals surface area contributed by atoms with Gasteiger partial charge in [0.15, 0.2) is 24.7 Å². The molecule has 10 N–H and O–H groups in total. The van der Waals surface area contributed by atoms with Crippen molar-refractivity contribution in [1.82, 2.24) is 0 Å². The van der Waals surface area contributed by atoms with Gasteiger partial charge in [-0.25, -0.2) is 0 Å². The fraction of sp³-hybridized carbons (Fsp3) is 0.956. The third-order valence-electron chi connectivity index (χ3n) is 17.7. The van der Waals surface area contributed by atoms with Gasteiger partial charge in [-0.05, 0) is 80.5 Å². The van der Waals surface area contributed by atoms with E-state index in [2.05, 4.69) is 33.8 Å². The van der Waals surface area contributed by atoms with Crippen molar-refractivity contribution in [2.24, 2.45) is 46.3 Å². The molecular weight excluding hydrogens is 828 g/mol. The lowest BCUT2D eigenvalue weighted by Gasteiger charge is -2.60. The van der Waals surface area contributed by atoms with E-state index in [1.165, 1.54) is 6.92 Å². The van der Waals surface area contributed by atoms with Crippen LogP contribution >= 0.6 is 0 Å². The predicted molar refractivity (Wildman–Crippen MR) is 216 cm³/mol. The molecule has 0 bridgehead atoms. The Kier molecular flexibility index (Phi) is 13.1. The zero-order chi connectivity index (χ0) is 45.1. The minimum absolute atomic E-state index is 0.0450. The standard InChI is InChI=1S/C45H72O18/c1-18-8-11-45(56-17-18)19(2)30-26(63-45)14-25-23-7-6-21-12-22(48)13-29(44(21,5)24(23)9-10-43(25,30)4)60-42-39(35(53)33(51)28(16-47)59-42)62-41-37(55)38(31(49)20(3)57-41)61-40-36(54)34(52)32(50)27(15-46)58-40/h6,18-20,22-42,46-55H,7-17H2,1-5H3/t18-,19+,20+,22-,23-,24+,25+,26+,27-,28-,29-,30+,31+,32-,33+,34+,35+,36-,37-,38-,39-,40+,41+,42+,43+,44+,45-/m1/s1. The zero-order valence-corrected chi connectivity index (χ0v) is 37.0. The first kappa shape index (κ1) is 47.1. The van der Waals surface area contributed by atoms with Crippen molar-refractivity contribution in [2.45, 2.75) is 202 Å². The van der Waals surface area contributed by atoms with Crippen LogP contribution in [0.3, 0.4) is 0 Å². The highest BCUT2D eigenvalue weighted by Crippen LogP contribution is 2.71. The Morgan fingerprint density at radius 2 is 1.35 bits per heavy atom. The Labute approximate surface area is 368 Å². The smallest absolute Gasteiger partial charge is 0.187 e. The lowest BCUT2D eigenvalue weighted by atomic mass is 9.46. The summed E-state index contributed by atoms with van der Waals surface area (Å²) < 4.78 is 50.1. The Hall–Kier alpha value is -0.980. The number of allylic oxidation sites excluding steroid dienone is 1. The lowest BCUT2D eigenvalue weighted by molar-refractivity contribution is -0.388. The molecular formula is C45H72O18. The molecule has 9 rings (SSSR count). The van der Waals surface area contributed by atoms with Crippen LogP contribution in [-0.4, -0.2) is 187 Å². The summed E-state index contributed by atoms with van der Waals surface area (Å²) in [6.07, 6.45) is -16.3. The SMILES string of the molecule is C[C@@H]1CC[C@@]2(OC1)O[C@H]1C[C@H]3[C@@H]4CC=C5C[C@@H](O)C[C@@H](O[C@@H]6O[C@H](CO)[C@H](O)[C@H](O)[C@H]6O[C@@H]6O[C@@H](C)[C@H](O)[C@@H](O[C@@H]7O[C@H](CO)[C@@H](O)[C@H](O)[C@H]7O)[C@H]6O)[C@]5(C)[C@H]4CC[C@]3(C)[C@H]1[C@@H]2C. The van der Waals surface area contributed by atoms with E-state index in [0.717, 1.165) is 50.7 Å². The number of aliphatic hydroxyl groups is 10. The molecule has 9 aliphatic rings. The summed E-state index contributed by atoms with van der Waals surface area (Å²) in [5.74, 6) is 1.49. The highest BCUT2D eigenvalue weighted by molar-refractivity contribution is 5.29. The maximum absolute atomic E-state index is 11.6. The molecule has 8 fully saturated rings. The van der Waals surface area contributed by atoms with Gasteiger partial charge in [0.1, 0.15) is 67.1 Å². The van der Waals surface area contributed by atoms with E-state index < -0.39 is 129 Å². The van der Waals surface area contributed by atoms with Crippen molar-refractivity contribution in [2.75, 3.05) is 19.8 Å². The zero-order valence-electron chi connectivity index (χ0n) is 37.0. The second-order valence-corrected chi connectivity index (χ2v) is 21.2. The summed E-state index contributed by atoms with van der Waals surface area (Å²) in [6, 6.07) is 0. The fourth-order valence-corrected chi connectivity index (χ4v) is 14.1. The molecule has 63 heavy (non-hydrogen) atoms.